The average molecular weight is 611 g/mol. The van der Waals surface area contributed by atoms with Gasteiger partial charge in [0.05, 0.1) is 16.4 Å². The highest BCUT2D eigenvalue weighted by Crippen LogP contribution is 2.37. The number of nitro benzene ring substituents is 2. The SMILES string of the molecule is CCN(CC)C(=O)/C(C#N)=C/c1cc(O)c(O)c([N+](=O)[O-])c1.[C-]#[N+]/C(=C\c1cc(O)c(O)c([N+](=O)[O-])c1)C(=O)N(CC)CC. The highest BCUT2D eigenvalue weighted by Gasteiger charge is 2.22. The molecule has 2 amide bonds. The summed E-state index contributed by atoms with van der Waals surface area (Å²) in [6.45, 7) is 15.8. The second kappa shape index (κ2) is 16.3. The molecule has 0 aliphatic carbocycles. The summed E-state index contributed by atoms with van der Waals surface area (Å²) in [5.41, 5.74) is -1.72. The lowest BCUT2D eigenvalue weighted by atomic mass is 10.1. The number of nitro groups is 2. The van der Waals surface area contributed by atoms with Crippen molar-refractivity contribution in [3.8, 4) is 29.1 Å². The minimum Gasteiger partial charge on any atom is -0.504 e. The first kappa shape index (κ1) is 35.9. The Morgan fingerprint density at radius 3 is 1.55 bits per heavy atom. The van der Waals surface area contributed by atoms with Crippen LogP contribution >= 0.6 is 0 Å². The van der Waals surface area contributed by atoms with E-state index >= 15 is 0 Å². The molecule has 16 nitrogen and oxygen atoms in total. The van der Waals surface area contributed by atoms with Gasteiger partial charge >= 0.3 is 11.4 Å². The summed E-state index contributed by atoms with van der Waals surface area (Å²) < 4.78 is 0. The molecule has 2 aromatic carbocycles. The molecule has 0 aliphatic rings. The quantitative estimate of drug-likeness (QED) is 0.0751. The monoisotopic (exact) mass is 610 g/mol. The van der Waals surface area contributed by atoms with Crippen molar-refractivity contribution in [2.24, 2.45) is 0 Å². The van der Waals surface area contributed by atoms with Crippen LogP contribution in [0.2, 0.25) is 0 Å². The van der Waals surface area contributed by atoms with Crippen LogP contribution in [0.3, 0.4) is 0 Å². The van der Waals surface area contributed by atoms with Gasteiger partial charge in [0.1, 0.15) is 11.6 Å². The summed E-state index contributed by atoms with van der Waals surface area (Å²) in [5, 5.41) is 68.5. The standard InChI is InChI=1S/2C14H15N3O5/c1-4-16(5-2)14(20)10(15-3)6-9-7-11(17(21)22)13(19)12(18)8-9;1-3-16(4-2)14(20)10(8-15)5-9-6-11(17(21)22)13(19)12(18)7-9/h6-8,18-19H,4-5H2,1-2H3;5-7,18-19H,3-4H2,1-2H3/b10-6-;10-5+. The van der Waals surface area contributed by atoms with Gasteiger partial charge in [-0.05, 0) is 63.1 Å². The highest BCUT2D eigenvalue weighted by molar-refractivity contribution is 6.02. The van der Waals surface area contributed by atoms with E-state index in [0.29, 0.717) is 26.2 Å². The van der Waals surface area contributed by atoms with E-state index in [2.05, 4.69) is 4.85 Å². The zero-order valence-electron chi connectivity index (χ0n) is 24.2. The number of phenolic OH excluding ortho intramolecular Hbond substituents is 4. The van der Waals surface area contributed by atoms with Gasteiger partial charge < -0.3 is 30.2 Å². The van der Waals surface area contributed by atoms with Crippen LogP contribution in [-0.2, 0) is 9.59 Å². The second-order valence-electron chi connectivity index (χ2n) is 8.60. The van der Waals surface area contributed by atoms with E-state index in [4.69, 9.17) is 11.8 Å². The van der Waals surface area contributed by atoms with Gasteiger partial charge in [-0.2, -0.15) is 5.26 Å². The molecule has 2 rings (SSSR count). The predicted molar refractivity (Wildman–Crippen MR) is 157 cm³/mol. The van der Waals surface area contributed by atoms with E-state index in [1.165, 1.54) is 9.80 Å². The molecule has 0 saturated heterocycles. The number of likely N-dealkylation sites (N-methyl/N-ethyl adjacent to an activating group) is 2. The van der Waals surface area contributed by atoms with Gasteiger partial charge in [-0.1, -0.05) is 0 Å². The number of carbonyl (C=O) groups is 2. The van der Waals surface area contributed by atoms with Crippen molar-refractivity contribution in [3.63, 3.8) is 0 Å². The molecule has 0 radical (unpaired) electrons. The fourth-order valence-corrected chi connectivity index (χ4v) is 3.66. The Morgan fingerprint density at radius 2 is 1.20 bits per heavy atom. The van der Waals surface area contributed by atoms with Gasteiger partial charge in [-0.15, -0.1) is 0 Å². The van der Waals surface area contributed by atoms with E-state index < -0.39 is 56.0 Å². The normalized spacial score (nSPS) is 10.9. The van der Waals surface area contributed by atoms with Crippen molar-refractivity contribution in [1.82, 2.24) is 9.80 Å². The smallest absolute Gasteiger partial charge is 0.315 e. The lowest BCUT2D eigenvalue weighted by Gasteiger charge is -2.18. The average Bonchev–Trinajstić information content (AvgIpc) is 2.98. The molecule has 0 fully saturated rings. The van der Waals surface area contributed by atoms with Crippen LogP contribution in [0.15, 0.2) is 35.5 Å². The highest BCUT2D eigenvalue weighted by atomic mass is 16.6. The van der Waals surface area contributed by atoms with Crippen molar-refractivity contribution in [3.05, 3.63) is 78.3 Å². The molecule has 0 bridgehead atoms. The number of phenols is 4. The molecule has 0 aliphatic heterocycles. The minimum atomic E-state index is -0.870. The maximum atomic E-state index is 12.1. The summed E-state index contributed by atoms with van der Waals surface area (Å²) in [5.74, 6) is -4.14. The van der Waals surface area contributed by atoms with Crippen molar-refractivity contribution >= 4 is 35.3 Å². The molecule has 16 heteroatoms. The van der Waals surface area contributed by atoms with Crippen LogP contribution in [0.5, 0.6) is 23.0 Å². The Hall–Kier alpha value is -6.16. The maximum Gasteiger partial charge on any atom is 0.315 e. The molecular weight excluding hydrogens is 580 g/mol. The number of nitriles is 1. The number of aromatic hydroxyl groups is 4. The Morgan fingerprint density at radius 1 is 0.818 bits per heavy atom. The third-order valence-corrected chi connectivity index (χ3v) is 5.98. The number of hydrogen-bond acceptors (Lipinski definition) is 11. The zero-order chi connectivity index (χ0) is 33.7. The Balaban J connectivity index is 0.000000440. The summed E-state index contributed by atoms with van der Waals surface area (Å²) in [4.78, 5) is 50.0. The summed E-state index contributed by atoms with van der Waals surface area (Å²) >= 11 is 0. The molecule has 0 spiro atoms. The summed E-state index contributed by atoms with van der Waals surface area (Å²) in [7, 11) is 0. The van der Waals surface area contributed by atoms with Gasteiger partial charge in [-0.3, -0.25) is 29.8 Å². The third kappa shape index (κ3) is 8.92. The maximum absolute atomic E-state index is 12.1. The molecular formula is C28H30N6O10. The molecule has 44 heavy (non-hydrogen) atoms. The van der Waals surface area contributed by atoms with Crippen molar-refractivity contribution in [1.29, 1.82) is 5.26 Å². The molecule has 0 saturated carbocycles. The predicted octanol–water partition coefficient (Wildman–Crippen LogP) is 3.92. The first-order chi connectivity index (χ1) is 20.7. The number of hydrogen-bond donors (Lipinski definition) is 4. The van der Waals surface area contributed by atoms with Gasteiger partial charge in [0.15, 0.2) is 11.5 Å². The topological polar surface area (TPSA) is 236 Å². The van der Waals surface area contributed by atoms with E-state index in [1.54, 1.807) is 33.8 Å². The van der Waals surface area contributed by atoms with Crippen LogP contribution in [0, 0.1) is 38.1 Å². The van der Waals surface area contributed by atoms with E-state index in [1.807, 2.05) is 0 Å². The fraction of sp³-hybridized carbons (Fsp3) is 0.286. The van der Waals surface area contributed by atoms with Crippen molar-refractivity contribution < 1.29 is 39.9 Å². The third-order valence-electron chi connectivity index (χ3n) is 5.98. The van der Waals surface area contributed by atoms with E-state index in [9.17, 15) is 50.2 Å². The zero-order valence-corrected chi connectivity index (χ0v) is 24.2. The van der Waals surface area contributed by atoms with Gasteiger partial charge in [0.2, 0.25) is 11.5 Å². The van der Waals surface area contributed by atoms with Crippen LogP contribution < -0.4 is 0 Å². The number of amides is 2. The Labute approximate surface area is 251 Å². The van der Waals surface area contributed by atoms with Crippen molar-refractivity contribution in [2.75, 3.05) is 26.2 Å². The number of rotatable bonds is 10. The Bertz CT molecular complexity index is 1460. The lowest BCUT2D eigenvalue weighted by Crippen LogP contribution is -2.31. The Kier molecular flexibility index (Phi) is 13.3. The van der Waals surface area contributed by atoms with Crippen LogP contribution in [-0.4, -0.2) is 78.1 Å². The molecule has 232 valence electrons. The summed E-state index contributed by atoms with van der Waals surface area (Å²) in [6, 6.07) is 5.78. The molecule has 0 heterocycles. The number of nitrogens with zero attached hydrogens (tertiary/aromatic N) is 6. The first-order valence-corrected chi connectivity index (χ1v) is 12.9. The van der Waals surface area contributed by atoms with Gasteiger partial charge in [0.25, 0.3) is 17.5 Å². The molecule has 4 N–H and O–H groups in total. The number of carbonyl (C=O) groups excluding carboxylic acids is 2. The van der Waals surface area contributed by atoms with Gasteiger partial charge in [-0.25, -0.2) is 4.85 Å². The van der Waals surface area contributed by atoms with Gasteiger partial charge in [0, 0.05) is 38.3 Å². The first-order valence-electron chi connectivity index (χ1n) is 12.9. The minimum absolute atomic E-state index is 0.0686. The molecule has 0 aromatic heterocycles. The lowest BCUT2D eigenvalue weighted by molar-refractivity contribution is -0.386. The molecule has 0 unspecified atom stereocenters. The molecule has 0 atom stereocenters. The van der Waals surface area contributed by atoms with E-state index in [0.717, 1.165) is 36.4 Å². The van der Waals surface area contributed by atoms with Crippen LogP contribution in [0.4, 0.5) is 11.4 Å². The van der Waals surface area contributed by atoms with E-state index in [-0.39, 0.29) is 22.4 Å². The second-order valence-corrected chi connectivity index (χ2v) is 8.60. The fourth-order valence-electron chi connectivity index (χ4n) is 3.66. The number of benzene rings is 2. The summed E-state index contributed by atoms with van der Waals surface area (Å²) in [6.07, 6.45) is 2.27. The largest absolute Gasteiger partial charge is 0.504 e. The van der Waals surface area contributed by atoms with Crippen molar-refractivity contribution in [2.45, 2.75) is 27.7 Å². The van der Waals surface area contributed by atoms with Crippen LogP contribution in [0.1, 0.15) is 38.8 Å². The molecule has 2 aromatic rings. The van der Waals surface area contributed by atoms with Crippen LogP contribution in [0.25, 0.3) is 17.0 Å².